The van der Waals surface area contributed by atoms with Crippen LogP contribution in [0.3, 0.4) is 0 Å². The Bertz CT molecular complexity index is 454. The molecule has 1 N–H and O–H groups in total. The van der Waals surface area contributed by atoms with Gasteiger partial charge in [-0.25, -0.2) is 13.2 Å². The molecule has 0 aliphatic heterocycles. The van der Waals surface area contributed by atoms with Crippen LogP contribution in [0.2, 0.25) is 0 Å². The first-order valence-electron chi connectivity index (χ1n) is 4.31. The Hall–Kier alpha value is -2.03. The van der Waals surface area contributed by atoms with Crippen LogP contribution in [-0.2, 0) is 11.3 Å². The second kappa shape index (κ2) is 5.16. The summed E-state index contributed by atoms with van der Waals surface area (Å²) >= 11 is 0. The number of nitriles is 1. The molecule has 0 radical (unpaired) electrons. The van der Waals surface area contributed by atoms with Crippen molar-refractivity contribution in [1.29, 1.82) is 5.26 Å². The van der Waals surface area contributed by atoms with E-state index in [0.29, 0.717) is 6.07 Å². The number of hydrogen-bond donors (Lipinski definition) is 1. The largest absolute Gasteiger partial charge is 0.351 e. The van der Waals surface area contributed by atoms with Gasteiger partial charge in [-0.15, -0.1) is 0 Å². The number of rotatable bonds is 3. The van der Waals surface area contributed by atoms with Gasteiger partial charge in [0.15, 0.2) is 11.6 Å². The number of nitrogens with zero attached hydrogens (tertiary/aromatic N) is 1. The zero-order chi connectivity index (χ0) is 12.1. The zero-order valence-electron chi connectivity index (χ0n) is 8.06. The molecule has 0 spiro atoms. The SMILES string of the molecule is N#CCC(=O)NCc1cc(F)cc(F)c1F. The Morgan fingerprint density at radius 3 is 2.69 bits per heavy atom. The molecule has 0 unspecified atom stereocenters. The van der Waals surface area contributed by atoms with E-state index in [1.165, 1.54) is 0 Å². The minimum Gasteiger partial charge on any atom is -0.351 e. The van der Waals surface area contributed by atoms with Crippen LogP contribution in [0.1, 0.15) is 12.0 Å². The zero-order valence-corrected chi connectivity index (χ0v) is 8.06. The highest BCUT2D eigenvalue weighted by molar-refractivity contribution is 5.77. The van der Waals surface area contributed by atoms with Crippen LogP contribution in [0.5, 0.6) is 0 Å². The van der Waals surface area contributed by atoms with Gasteiger partial charge in [0, 0.05) is 18.2 Å². The molecule has 1 amide bonds. The summed E-state index contributed by atoms with van der Waals surface area (Å²) in [5.41, 5.74) is -0.302. The van der Waals surface area contributed by atoms with Crippen molar-refractivity contribution >= 4 is 5.91 Å². The molecular weight excluding hydrogens is 221 g/mol. The number of hydrogen-bond acceptors (Lipinski definition) is 2. The minimum absolute atomic E-state index is 0.302. The monoisotopic (exact) mass is 228 g/mol. The van der Waals surface area contributed by atoms with E-state index in [4.69, 9.17) is 5.26 Å². The molecule has 0 aliphatic carbocycles. The number of amides is 1. The summed E-state index contributed by atoms with van der Waals surface area (Å²) in [6.45, 7) is -0.360. The van der Waals surface area contributed by atoms with Crippen molar-refractivity contribution in [3.05, 3.63) is 35.1 Å². The predicted octanol–water partition coefficient (Wildman–Crippen LogP) is 1.63. The molecule has 3 nitrogen and oxygen atoms in total. The van der Waals surface area contributed by atoms with Crippen molar-refractivity contribution in [3.8, 4) is 6.07 Å². The summed E-state index contributed by atoms with van der Waals surface area (Å²) in [5, 5.41) is 10.3. The van der Waals surface area contributed by atoms with Crippen molar-refractivity contribution in [3.63, 3.8) is 0 Å². The van der Waals surface area contributed by atoms with Crippen LogP contribution < -0.4 is 5.32 Å². The van der Waals surface area contributed by atoms with Gasteiger partial charge in [0.05, 0.1) is 6.07 Å². The van der Waals surface area contributed by atoms with Crippen molar-refractivity contribution in [2.45, 2.75) is 13.0 Å². The Balaban J connectivity index is 2.75. The smallest absolute Gasteiger partial charge is 0.234 e. The second-order valence-electron chi connectivity index (χ2n) is 2.97. The van der Waals surface area contributed by atoms with Crippen LogP contribution in [-0.4, -0.2) is 5.91 Å². The average molecular weight is 228 g/mol. The molecule has 0 fully saturated rings. The fraction of sp³-hybridized carbons (Fsp3) is 0.200. The van der Waals surface area contributed by atoms with E-state index < -0.39 is 23.4 Å². The Morgan fingerprint density at radius 1 is 1.38 bits per heavy atom. The first-order valence-corrected chi connectivity index (χ1v) is 4.31. The number of nitrogens with one attached hydrogen (secondary N) is 1. The lowest BCUT2D eigenvalue weighted by Gasteiger charge is -2.05. The summed E-state index contributed by atoms with van der Waals surface area (Å²) in [6.07, 6.45) is -0.389. The molecule has 0 aromatic heterocycles. The molecule has 84 valence electrons. The van der Waals surface area contributed by atoms with Crippen molar-refractivity contribution in [2.75, 3.05) is 0 Å². The molecular formula is C10H7F3N2O. The fourth-order valence-corrected chi connectivity index (χ4v) is 1.07. The third kappa shape index (κ3) is 2.98. The molecule has 1 aromatic rings. The first kappa shape index (κ1) is 12.0. The van der Waals surface area contributed by atoms with Gasteiger partial charge in [0.2, 0.25) is 5.91 Å². The van der Waals surface area contributed by atoms with E-state index >= 15 is 0 Å². The van der Waals surface area contributed by atoms with Gasteiger partial charge in [-0.3, -0.25) is 4.79 Å². The number of carbonyl (C=O) groups is 1. The summed E-state index contributed by atoms with van der Waals surface area (Å²) in [4.78, 5) is 10.9. The molecule has 0 saturated carbocycles. The van der Waals surface area contributed by atoms with Gasteiger partial charge >= 0.3 is 0 Å². The van der Waals surface area contributed by atoms with E-state index in [1.807, 2.05) is 0 Å². The van der Waals surface area contributed by atoms with Crippen LogP contribution >= 0.6 is 0 Å². The average Bonchev–Trinajstić information content (AvgIpc) is 2.21. The van der Waals surface area contributed by atoms with Crippen LogP contribution in [0, 0.1) is 28.8 Å². The first-order chi connectivity index (χ1) is 7.54. The quantitative estimate of drug-likeness (QED) is 0.799. The van der Waals surface area contributed by atoms with E-state index in [1.54, 1.807) is 6.07 Å². The van der Waals surface area contributed by atoms with Crippen LogP contribution in [0.4, 0.5) is 13.2 Å². The van der Waals surface area contributed by atoms with E-state index in [-0.39, 0.29) is 18.5 Å². The molecule has 0 bridgehead atoms. The Labute approximate surface area is 89.5 Å². The van der Waals surface area contributed by atoms with Crippen LogP contribution in [0.25, 0.3) is 0 Å². The van der Waals surface area contributed by atoms with Crippen molar-refractivity contribution < 1.29 is 18.0 Å². The van der Waals surface area contributed by atoms with Gasteiger partial charge < -0.3 is 5.32 Å². The lowest BCUT2D eigenvalue weighted by Crippen LogP contribution is -2.22. The number of benzene rings is 1. The highest BCUT2D eigenvalue weighted by Gasteiger charge is 2.11. The molecule has 1 aromatic carbocycles. The summed E-state index contributed by atoms with van der Waals surface area (Å²) in [5.74, 6) is -4.09. The maximum absolute atomic E-state index is 13.1. The standard InChI is InChI=1S/C10H7F3N2O/c11-7-3-6(10(13)8(12)4-7)5-15-9(16)1-2-14/h3-4H,1,5H2,(H,15,16). The van der Waals surface area contributed by atoms with Crippen LogP contribution in [0.15, 0.2) is 12.1 Å². The Kier molecular flexibility index (Phi) is 3.89. The van der Waals surface area contributed by atoms with Gasteiger partial charge in [-0.1, -0.05) is 0 Å². The molecule has 0 heterocycles. The van der Waals surface area contributed by atoms with Gasteiger partial charge in [0.25, 0.3) is 0 Å². The normalized spacial score (nSPS) is 9.62. The summed E-state index contributed by atoms with van der Waals surface area (Å²) in [6, 6.07) is 2.78. The van der Waals surface area contributed by atoms with Gasteiger partial charge in [-0.05, 0) is 6.07 Å². The third-order valence-corrected chi connectivity index (χ3v) is 1.78. The molecule has 6 heteroatoms. The maximum Gasteiger partial charge on any atom is 0.234 e. The highest BCUT2D eigenvalue weighted by atomic mass is 19.2. The fourth-order valence-electron chi connectivity index (χ4n) is 1.07. The summed E-state index contributed by atoms with van der Waals surface area (Å²) in [7, 11) is 0. The molecule has 0 atom stereocenters. The number of carbonyl (C=O) groups excluding carboxylic acids is 1. The minimum atomic E-state index is -1.32. The lowest BCUT2D eigenvalue weighted by molar-refractivity contribution is -0.120. The molecule has 0 saturated heterocycles. The van der Waals surface area contributed by atoms with E-state index in [0.717, 1.165) is 6.07 Å². The lowest BCUT2D eigenvalue weighted by atomic mass is 10.2. The van der Waals surface area contributed by atoms with E-state index in [9.17, 15) is 18.0 Å². The molecule has 1 rings (SSSR count). The Morgan fingerprint density at radius 2 is 2.06 bits per heavy atom. The molecule has 0 aliphatic rings. The highest BCUT2D eigenvalue weighted by Crippen LogP contribution is 2.13. The van der Waals surface area contributed by atoms with Crippen molar-refractivity contribution in [2.24, 2.45) is 0 Å². The topological polar surface area (TPSA) is 52.9 Å². The van der Waals surface area contributed by atoms with E-state index in [2.05, 4.69) is 5.32 Å². The van der Waals surface area contributed by atoms with Gasteiger partial charge in [0.1, 0.15) is 12.2 Å². The predicted molar refractivity (Wildman–Crippen MR) is 48.4 cm³/mol. The number of halogens is 3. The second-order valence-corrected chi connectivity index (χ2v) is 2.97. The van der Waals surface area contributed by atoms with Gasteiger partial charge in [-0.2, -0.15) is 5.26 Å². The third-order valence-electron chi connectivity index (χ3n) is 1.78. The maximum atomic E-state index is 13.1. The molecule has 16 heavy (non-hydrogen) atoms. The summed E-state index contributed by atoms with van der Waals surface area (Å²) < 4.78 is 38.5. The van der Waals surface area contributed by atoms with Crippen molar-refractivity contribution in [1.82, 2.24) is 5.32 Å².